The first kappa shape index (κ1) is 16.0. The van der Waals surface area contributed by atoms with Crippen molar-refractivity contribution in [1.29, 1.82) is 0 Å². The van der Waals surface area contributed by atoms with Crippen molar-refractivity contribution in [2.45, 2.75) is 50.9 Å². The molecule has 1 unspecified atom stereocenters. The largest absolute Gasteiger partial charge is 0.294 e. The zero-order chi connectivity index (χ0) is 9.40. The second kappa shape index (κ2) is 10.6. The quantitative estimate of drug-likeness (QED) is 0.363. The Morgan fingerprint density at radius 2 is 1.62 bits per heavy atom. The normalized spacial score (nSPS) is 12.7. The zero-order valence-electron chi connectivity index (χ0n) is 9.05. The molecule has 0 amide bonds. The van der Waals surface area contributed by atoms with Gasteiger partial charge in [-0.05, 0) is 20.5 Å². The van der Waals surface area contributed by atoms with Gasteiger partial charge in [0.15, 0.2) is 0 Å². The van der Waals surface area contributed by atoms with E-state index >= 15 is 0 Å². The van der Waals surface area contributed by atoms with Crippen LogP contribution in [0.1, 0.15) is 45.4 Å². The fraction of sp³-hybridized carbons (Fsp3) is 1.00. The van der Waals surface area contributed by atoms with E-state index in [0.29, 0.717) is 0 Å². The van der Waals surface area contributed by atoms with E-state index in [-0.39, 0.29) is 17.9 Å². The predicted octanol–water partition coefficient (Wildman–Crippen LogP) is 3.90. The molecule has 1 nitrogen and oxygen atoms in total. The monoisotopic (exact) mass is 227 g/mol. The van der Waals surface area contributed by atoms with Gasteiger partial charge in [0.1, 0.15) is 0 Å². The summed E-state index contributed by atoms with van der Waals surface area (Å²) in [5.41, 5.74) is 0.228. The summed E-state index contributed by atoms with van der Waals surface area (Å²) in [7, 11) is 4.06. The van der Waals surface area contributed by atoms with Crippen molar-refractivity contribution in [2.75, 3.05) is 14.1 Å². The number of halogens is 2. The van der Waals surface area contributed by atoms with E-state index in [1.807, 2.05) is 14.1 Å². The molecule has 0 radical (unpaired) electrons. The van der Waals surface area contributed by atoms with E-state index in [1.54, 1.807) is 0 Å². The molecule has 0 bridgehead atoms. The Kier molecular flexibility index (Phi) is 13.1. The van der Waals surface area contributed by atoms with E-state index in [1.165, 1.54) is 32.1 Å². The van der Waals surface area contributed by atoms with Crippen LogP contribution in [-0.2, 0) is 0 Å². The van der Waals surface area contributed by atoms with Crippen LogP contribution in [0.15, 0.2) is 0 Å². The Labute approximate surface area is 94.2 Å². The van der Waals surface area contributed by atoms with Crippen LogP contribution in [0.3, 0.4) is 0 Å². The van der Waals surface area contributed by atoms with Crippen LogP contribution in [0.4, 0.5) is 0 Å². The Morgan fingerprint density at radius 1 is 1.08 bits per heavy atom. The van der Waals surface area contributed by atoms with Crippen LogP contribution in [0.2, 0.25) is 0 Å². The molecular formula is C10H23Cl2N. The summed E-state index contributed by atoms with van der Waals surface area (Å²) < 4.78 is 0. The van der Waals surface area contributed by atoms with Gasteiger partial charge in [-0.25, -0.2) is 0 Å². The Morgan fingerprint density at radius 3 is 2.08 bits per heavy atom. The second-order valence-electron chi connectivity index (χ2n) is 3.60. The molecule has 0 saturated carbocycles. The van der Waals surface area contributed by atoms with E-state index in [0.717, 1.165) is 6.42 Å². The molecule has 0 spiro atoms. The van der Waals surface area contributed by atoms with Gasteiger partial charge in [-0.1, -0.05) is 39.0 Å². The summed E-state index contributed by atoms with van der Waals surface area (Å²) in [5.74, 6) is 0. The Hall–Kier alpha value is 0.540. The van der Waals surface area contributed by atoms with Crippen molar-refractivity contribution < 1.29 is 0 Å². The lowest BCUT2D eigenvalue weighted by atomic mass is 10.1. The van der Waals surface area contributed by atoms with Gasteiger partial charge >= 0.3 is 0 Å². The molecule has 82 valence electrons. The summed E-state index contributed by atoms with van der Waals surface area (Å²) in [4.78, 5) is 2.07. The fourth-order valence-corrected chi connectivity index (χ4v) is 1.33. The third kappa shape index (κ3) is 10.5. The molecule has 0 aromatic rings. The lowest BCUT2D eigenvalue weighted by Crippen LogP contribution is -2.21. The zero-order valence-corrected chi connectivity index (χ0v) is 10.6. The molecule has 0 aliphatic rings. The standard InChI is InChI=1S/C10H22ClN.ClH/c1-4-5-6-7-8-9-10(11)12(2)3;/h10H,4-9H2,1-3H3;1H. The van der Waals surface area contributed by atoms with Crippen LogP contribution in [-0.4, -0.2) is 24.5 Å². The number of hydrogen-bond acceptors (Lipinski definition) is 1. The molecule has 0 N–H and O–H groups in total. The average molecular weight is 228 g/mol. The van der Waals surface area contributed by atoms with Crippen LogP contribution in [0.25, 0.3) is 0 Å². The van der Waals surface area contributed by atoms with Crippen LogP contribution >= 0.6 is 24.0 Å². The van der Waals surface area contributed by atoms with Gasteiger partial charge in [0.05, 0.1) is 5.50 Å². The molecule has 0 aliphatic carbocycles. The highest BCUT2D eigenvalue weighted by Gasteiger charge is 2.04. The fourth-order valence-electron chi connectivity index (χ4n) is 1.17. The summed E-state index contributed by atoms with van der Waals surface area (Å²) in [6.45, 7) is 2.24. The van der Waals surface area contributed by atoms with Crippen LogP contribution in [0, 0.1) is 0 Å². The van der Waals surface area contributed by atoms with E-state index in [2.05, 4.69) is 11.8 Å². The first-order valence-electron chi connectivity index (χ1n) is 4.99. The minimum Gasteiger partial charge on any atom is -0.294 e. The van der Waals surface area contributed by atoms with Crippen molar-refractivity contribution >= 4 is 24.0 Å². The smallest absolute Gasteiger partial charge is 0.0845 e. The van der Waals surface area contributed by atoms with E-state index < -0.39 is 0 Å². The SMILES string of the molecule is CCCCCCCC(Cl)N(C)C.Cl. The molecule has 1 atom stereocenters. The number of nitrogens with zero attached hydrogens (tertiary/aromatic N) is 1. The van der Waals surface area contributed by atoms with E-state index in [9.17, 15) is 0 Å². The van der Waals surface area contributed by atoms with Crippen molar-refractivity contribution in [3.05, 3.63) is 0 Å². The lowest BCUT2D eigenvalue weighted by molar-refractivity contribution is 0.351. The van der Waals surface area contributed by atoms with Crippen LogP contribution in [0.5, 0.6) is 0 Å². The Balaban J connectivity index is 0. The molecule has 13 heavy (non-hydrogen) atoms. The maximum Gasteiger partial charge on any atom is 0.0845 e. The maximum atomic E-state index is 6.05. The molecule has 0 aliphatic heterocycles. The molecule has 0 aromatic carbocycles. The molecular weight excluding hydrogens is 205 g/mol. The van der Waals surface area contributed by atoms with Crippen molar-refractivity contribution in [3.8, 4) is 0 Å². The minimum absolute atomic E-state index is 0. The molecule has 0 rings (SSSR count). The highest BCUT2D eigenvalue weighted by atomic mass is 35.5. The van der Waals surface area contributed by atoms with Crippen molar-refractivity contribution in [3.63, 3.8) is 0 Å². The first-order chi connectivity index (χ1) is 5.68. The van der Waals surface area contributed by atoms with Crippen molar-refractivity contribution in [2.24, 2.45) is 0 Å². The number of unbranched alkanes of at least 4 members (excludes halogenated alkanes) is 4. The summed E-state index contributed by atoms with van der Waals surface area (Å²) in [5, 5.41) is 0. The van der Waals surface area contributed by atoms with Gasteiger partial charge in [0.25, 0.3) is 0 Å². The van der Waals surface area contributed by atoms with Gasteiger partial charge in [-0.3, -0.25) is 4.90 Å². The molecule has 0 fully saturated rings. The first-order valence-corrected chi connectivity index (χ1v) is 5.42. The predicted molar refractivity (Wildman–Crippen MR) is 64.0 cm³/mol. The maximum absolute atomic E-state index is 6.05. The highest BCUT2D eigenvalue weighted by Crippen LogP contribution is 2.12. The lowest BCUT2D eigenvalue weighted by Gasteiger charge is -2.16. The molecule has 0 heterocycles. The van der Waals surface area contributed by atoms with Gasteiger partial charge in [-0.15, -0.1) is 24.0 Å². The van der Waals surface area contributed by atoms with Gasteiger partial charge in [0, 0.05) is 0 Å². The second-order valence-corrected chi connectivity index (χ2v) is 4.10. The van der Waals surface area contributed by atoms with Crippen LogP contribution < -0.4 is 0 Å². The van der Waals surface area contributed by atoms with Gasteiger partial charge in [-0.2, -0.15) is 0 Å². The van der Waals surface area contributed by atoms with Gasteiger partial charge < -0.3 is 0 Å². The molecule has 0 saturated heterocycles. The molecule has 0 aromatic heterocycles. The van der Waals surface area contributed by atoms with Crippen molar-refractivity contribution in [1.82, 2.24) is 4.90 Å². The average Bonchev–Trinajstić information content (AvgIpc) is 2.03. The summed E-state index contributed by atoms with van der Waals surface area (Å²) in [6, 6.07) is 0. The third-order valence-corrected chi connectivity index (χ3v) is 2.71. The van der Waals surface area contributed by atoms with Gasteiger partial charge in [0.2, 0.25) is 0 Å². The van der Waals surface area contributed by atoms with E-state index in [4.69, 9.17) is 11.6 Å². The number of alkyl halides is 1. The number of hydrogen-bond donors (Lipinski definition) is 0. The topological polar surface area (TPSA) is 3.24 Å². The minimum atomic E-state index is 0. The molecule has 3 heteroatoms. The summed E-state index contributed by atoms with van der Waals surface area (Å²) in [6.07, 6.45) is 7.79. The summed E-state index contributed by atoms with van der Waals surface area (Å²) >= 11 is 6.05. The Bertz CT molecular complexity index is 96.9. The number of rotatable bonds is 7. The highest BCUT2D eigenvalue weighted by molar-refractivity contribution is 6.20. The third-order valence-electron chi connectivity index (χ3n) is 2.11.